The number of amides is 2. The van der Waals surface area contributed by atoms with E-state index in [2.05, 4.69) is 151 Å². The molecule has 5 aromatic carbocycles. The second-order valence-electron chi connectivity index (χ2n) is 26.4. The minimum Gasteiger partial charge on any atom is -0.408 e. The lowest BCUT2D eigenvalue weighted by atomic mass is 9.76. The Morgan fingerprint density at radius 1 is 0.585 bits per heavy atom. The van der Waals surface area contributed by atoms with Gasteiger partial charge in [0, 0.05) is 11.1 Å². The van der Waals surface area contributed by atoms with E-state index in [1.54, 1.807) is 64.0 Å². The van der Waals surface area contributed by atoms with E-state index < -0.39 is 104 Å². The van der Waals surface area contributed by atoms with Gasteiger partial charge in [0.2, 0.25) is 0 Å². The smallest absolute Gasteiger partial charge is 0.406 e. The summed E-state index contributed by atoms with van der Waals surface area (Å²) in [7, 11) is -10.4. The Morgan fingerprint density at radius 3 is 1.39 bits per heavy atom. The van der Waals surface area contributed by atoms with Crippen molar-refractivity contribution in [1.82, 2.24) is 49.4 Å². The van der Waals surface area contributed by atoms with E-state index in [0.717, 1.165) is 16.7 Å². The maximum Gasteiger partial charge on any atom is 0.406 e. The standard InChI is InChI=1S/C68H80N13O10PSi2/c1-66(2,3)93(7,8)90-56-52(78-68(47-31-20-13-21-32-47,48-33-22-14-23-34-48)49-35-24-15-25-36-49)51(89-64(56)80-43-74-54-58(70-41-72-60(54)80)76-62(83)45-27-16-11-17-28-45)40-87-92(85,86-38-26-37-69)79-53-50(39-82)88-65(57(53)91-94(9,10)67(4,5)6)81-44-75-55-59(71-42-73-61(55)81)77-63(84)46-29-18-12-19-30-46/h11-25,27-36,41-44,50-53,56-57,64-65,78,82H,26,38-40H2,1-10H3,(H,79,85)(H,70,72,76,83)(H,71,73,77,84)/t50-,51-,52-,53-,56-,57-,64-,65-,92?/m1/s1. The van der Waals surface area contributed by atoms with E-state index in [4.69, 9.17) is 37.3 Å². The number of carbonyl (C=O) groups is 2. The summed E-state index contributed by atoms with van der Waals surface area (Å²) in [6, 6.07) is 47.9. The van der Waals surface area contributed by atoms with Crippen molar-refractivity contribution in [2.24, 2.45) is 0 Å². The first-order valence-electron chi connectivity index (χ1n) is 31.3. The van der Waals surface area contributed by atoms with Crippen molar-refractivity contribution in [2.75, 3.05) is 30.5 Å². The van der Waals surface area contributed by atoms with E-state index in [0.29, 0.717) is 16.8 Å². The van der Waals surface area contributed by atoms with Crippen molar-refractivity contribution < 1.29 is 46.6 Å². The first-order valence-corrected chi connectivity index (χ1v) is 38.7. The number of nitrogens with one attached hydrogen (secondary N) is 4. The molecule has 5 N–H and O–H groups in total. The highest BCUT2D eigenvalue weighted by Gasteiger charge is 2.57. The van der Waals surface area contributed by atoms with Crippen LogP contribution < -0.4 is 21.0 Å². The Bertz CT molecular complexity index is 4080. The van der Waals surface area contributed by atoms with Gasteiger partial charge in [-0.15, -0.1) is 0 Å². The molecule has 1 unspecified atom stereocenters. The average molecular weight is 1330 g/mol. The third kappa shape index (κ3) is 13.9. The summed E-state index contributed by atoms with van der Waals surface area (Å²) >= 11 is 0. The van der Waals surface area contributed by atoms with Crippen molar-refractivity contribution in [3.8, 4) is 6.07 Å². The van der Waals surface area contributed by atoms with Gasteiger partial charge in [-0.05, 0) is 77.2 Å². The van der Waals surface area contributed by atoms with Crippen molar-refractivity contribution in [1.29, 1.82) is 5.26 Å². The predicted octanol–water partition coefficient (Wildman–Crippen LogP) is 11.7. The number of anilines is 2. The number of carbonyl (C=O) groups excluding carboxylic acids is 2. The Balaban J connectivity index is 1.03. The third-order valence-electron chi connectivity index (χ3n) is 18.3. The van der Waals surface area contributed by atoms with Crippen LogP contribution in [0.25, 0.3) is 22.3 Å². The quantitative estimate of drug-likeness (QED) is 0.0163. The van der Waals surface area contributed by atoms with Crippen LogP contribution in [0.15, 0.2) is 177 Å². The molecule has 2 saturated heterocycles. The van der Waals surface area contributed by atoms with Gasteiger partial charge in [-0.3, -0.25) is 33.1 Å². The fourth-order valence-electron chi connectivity index (χ4n) is 11.4. The van der Waals surface area contributed by atoms with Gasteiger partial charge in [-0.25, -0.2) is 39.6 Å². The molecule has 9 atom stereocenters. The monoisotopic (exact) mass is 1330 g/mol. The number of hydrogen-bond donors (Lipinski definition) is 5. The summed E-state index contributed by atoms with van der Waals surface area (Å²) in [5, 5.41) is 33.9. The van der Waals surface area contributed by atoms with Crippen LogP contribution in [0.3, 0.4) is 0 Å². The van der Waals surface area contributed by atoms with Gasteiger partial charge in [-0.2, -0.15) is 5.26 Å². The number of ether oxygens (including phenoxy) is 2. The summed E-state index contributed by atoms with van der Waals surface area (Å²) in [5.41, 5.74) is 3.48. The normalized spacial score (nSPS) is 21.0. The van der Waals surface area contributed by atoms with Crippen LogP contribution in [-0.2, 0) is 37.5 Å². The number of aliphatic hydroxyl groups excluding tert-OH is 1. The van der Waals surface area contributed by atoms with Crippen molar-refractivity contribution in [2.45, 2.75) is 139 Å². The number of hydrogen-bond acceptors (Lipinski definition) is 18. The minimum atomic E-state index is -4.73. The fourth-order valence-corrected chi connectivity index (χ4v) is 15.5. The van der Waals surface area contributed by atoms with Crippen LogP contribution in [-0.4, -0.2) is 129 Å². The van der Waals surface area contributed by atoms with Crippen LogP contribution in [0.1, 0.15) is 97.8 Å². The van der Waals surface area contributed by atoms with Crippen LogP contribution in [0.5, 0.6) is 0 Å². The van der Waals surface area contributed by atoms with Crippen LogP contribution in [0.2, 0.25) is 36.3 Å². The number of aliphatic hydroxyl groups is 1. The van der Waals surface area contributed by atoms with Crippen LogP contribution >= 0.6 is 7.75 Å². The van der Waals surface area contributed by atoms with Gasteiger partial charge >= 0.3 is 7.75 Å². The maximum atomic E-state index is 16.4. The molecule has 2 amide bonds. The average Bonchev–Trinajstić information content (AvgIpc) is 1.46. The molecule has 0 spiro atoms. The molecule has 9 aromatic rings. The SMILES string of the molecule is CC(C)(C)[Si](C)(C)O[C@@H]1[C@H](NC(c2ccccc2)(c2ccccc2)c2ccccc2)[C@@H](COP(=O)(N[C@H]2[C@@H](O[Si](C)(C)C(C)(C)C)[C@H](n3cnc4c(NC(=O)c5ccccc5)ncnc43)O[C@@H]2CO)OCCC#N)O[C@H]1n1cnc2c(NC(=O)c3ccccc3)ncnc21. The molecule has 490 valence electrons. The zero-order valence-electron chi connectivity index (χ0n) is 54.3. The molecule has 0 saturated carbocycles. The van der Waals surface area contributed by atoms with Crippen molar-refractivity contribution in [3.05, 3.63) is 205 Å². The summed E-state index contributed by atoms with van der Waals surface area (Å²) in [5.74, 6) is -0.479. The lowest BCUT2D eigenvalue weighted by molar-refractivity contribution is -0.0469. The van der Waals surface area contributed by atoms with Crippen LogP contribution in [0, 0.1) is 11.3 Å². The van der Waals surface area contributed by atoms with E-state index in [1.165, 1.54) is 19.0 Å². The molecular formula is C68H80N13O10PSi2. The number of fused-ring (bicyclic) bond motifs is 2. The molecule has 26 heteroatoms. The Labute approximate surface area is 548 Å². The maximum absolute atomic E-state index is 16.4. The highest BCUT2D eigenvalue weighted by atomic mass is 31.2. The Hall–Kier alpha value is -8.07. The van der Waals surface area contributed by atoms with Crippen molar-refractivity contribution in [3.63, 3.8) is 0 Å². The fraction of sp³-hybridized carbons (Fsp3) is 0.368. The molecule has 4 aromatic heterocycles. The number of imidazole rings is 2. The Morgan fingerprint density at radius 2 is 0.989 bits per heavy atom. The molecule has 23 nitrogen and oxygen atoms in total. The largest absolute Gasteiger partial charge is 0.408 e. The van der Waals surface area contributed by atoms with Crippen LogP contribution in [0.4, 0.5) is 11.6 Å². The van der Waals surface area contributed by atoms with Gasteiger partial charge in [0.1, 0.15) is 37.1 Å². The highest BCUT2D eigenvalue weighted by molar-refractivity contribution is 7.51. The molecule has 94 heavy (non-hydrogen) atoms. The molecule has 2 aliphatic heterocycles. The summed E-state index contributed by atoms with van der Waals surface area (Å²) < 4.78 is 62.3. The van der Waals surface area contributed by atoms with Gasteiger partial charge in [0.25, 0.3) is 11.8 Å². The zero-order chi connectivity index (χ0) is 66.6. The lowest BCUT2D eigenvalue weighted by Crippen LogP contribution is -2.59. The van der Waals surface area contributed by atoms with E-state index in [-0.39, 0.29) is 51.4 Å². The number of nitriles is 1. The molecule has 0 bridgehead atoms. The van der Waals surface area contributed by atoms with E-state index in [9.17, 15) is 20.0 Å². The second-order valence-corrected chi connectivity index (χ2v) is 37.7. The zero-order valence-corrected chi connectivity index (χ0v) is 57.2. The van der Waals surface area contributed by atoms with Crippen molar-refractivity contribution >= 4 is 70.2 Å². The predicted molar refractivity (Wildman–Crippen MR) is 361 cm³/mol. The summed E-state index contributed by atoms with van der Waals surface area (Å²) in [6.07, 6.45) is -0.695. The molecule has 2 aliphatic rings. The first kappa shape index (κ1) is 67.4. The molecule has 2 fully saturated rings. The summed E-state index contributed by atoms with van der Waals surface area (Å²) in [4.78, 5) is 55.0. The number of nitrogens with zero attached hydrogens (tertiary/aromatic N) is 9. The topological polar surface area (TPSA) is 286 Å². The number of benzene rings is 5. The molecular weight excluding hydrogens is 1250 g/mol. The highest BCUT2D eigenvalue weighted by Crippen LogP contribution is 2.52. The minimum absolute atomic E-state index is 0.149. The van der Waals surface area contributed by atoms with Gasteiger partial charge in [0.05, 0.1) is 62.6 Å². The summed E-state index contributed by atoms with van der Waals surface area (Å²) in [6.45, 7) is 19.8. The molecule has 0 radical (unpaired) electrons. The lowest BCUT2D eigenvalue weighted by Gasteiger charge is -2.44. The second kappa shape index (κ2) is 27.7. The first-order chi connectivity index (χ1) is 45.0. The van der Waals surface area contributed by atoms with E-state index >= 15 is 4.57 Å². The third-order valence-corrected chi connectivity index (χ3v) is 28.9. The van der Waals surface area contributed by atoms with E-state index in [1.807, 2.05) is 66.7 Å². The van der Waals surface area contributed by atoms with Gasteiger partial charge in [0.15, 0.2) is 63.1 Å². The molecule has 0 aliphatic carbocycles. The molecule has 6 heterocycles. The molecule has 11 rings (SSSR count). The van der Waals surface area contributed by atoms with Gasteiger partial charge in [-0.1, -0.05) is 169 Å². The number of rotatable bonds is 24. The number of aromatic nitrogens is 8. The Kier molecular flexibility index (Phi) is 19.9. The van der Waals surface area contributed by atoms with Gasteiger partial charge < -0.3 is 34.1 Å².